The van der Waals surface area contributed by atoms with Crippen molar-refractivity contribution in [2.24, 2.45) is 0 Å². The summed E-state index contributed by atoms with van der Waals surface area (Å²) in [5, 5.41) is 13.8. The van der Waals surface area contributed by atoms with Crippen molar-refractivity contribution < 1.29 is 4.79 Å². The Labute approximate surface area is 105 Å². The Morgan fingerprint density at radius 3 is 2.72 bits per heavy atom. The molecule has 96 valence electrons. The summed E-state index contributed by atoms with van der Waals surface area (Å²) < 4.78 is 1.84. The van der Waals surface area contributed by atoms with Gasteiger partial charge in [0.15, 0.2) is 5.82 Å². The van der Waals surface area contributed by atoms with Gasteiger partial charge in [-0.1, -0.05) is 0 Å². The van der Waals surface area contributed by atoms with Gasteiger partial charge in [0.05, 0.1) is 5.69 Å². The van der Waals surface area contributed by atoms with Gasteiger partial charge in [-0.25, -0.2) is 0 Å². The van der Waals surface area contributed by atoms with Gasteiger partial charge in [-0.15, -0.1) is 0 Å². The molecule has 0 aliphatic heterocycles. The van der Waals surface area contributed by atoms with Crippen LogP contribution in [-0.2, 0) is 11.3 Å². The lowest BCUT2D eigenvalue weighted by Gasteiger charge is -2.04. The largest absolute Gasteiger partial charge is 0.309 e. The number of rotatable bonds is 4. The molecule has 6 heteroatoms. The van der Waals surface area contributed by atoms with Crippen molar-refractivity contribution >= 4 is 11.7 Å². The summed E-state index contributed by atoms with van der Waals surface area (Å²) in [5.74, 6) is 0.500. The maximum absolute atomic E-state index is 11.7. The van der Waals surface area contributed by atoms with Gasteiger partial charge in [0.2, 0.25) is 5.91 Å². The molecule has 2 heterocycles. The second-order valence-electron chi connectivity index (χ2n) is 4.38. The first-order chi connectivity index (χ1) is 8.54. The molecule has 2 N–H and O–H groups in total. The van der Waals surface area contributed by atoms with Crippen molar-refractivity contribution in [3.63, 3.8) is 0 Å². The van der Waals surface area contributed by atoms with Crippen LogP contribution in [-0.4, -0.2) is 25.9 Å². The molecule has 0 aliphatic rings. The quantitative estimate of drug-likeness (QED) is 0.860. The van der Waals surface area contributed by atoms with Gasteiger partial charge < -0.3 is 5.32 Å². The molecule has 0 saturated carbocycles. The van der Waals surface area contributed by atoms with Crippen molar-refractivity contribution in [2.45, 2.75) is 33.7 Å². The predicted octanol–water partition coefficient (Wildman–Crippen LogP) is 1.56. The lowest BCUT2D eigenvalue weighted by molar-refractivity contribution is -0.116. The topological polar surface area (TPSA) is 75.6 Å². The van der Waals surface area contributed by atoms with E-state index in [-0.39, 0.29) is 5.91 Å². The smallest absolute Gasteiger partial charge is 0.227 e. The Morgan fingerprint density at radius 1 is 1.39 bits per heavy atom. The molecule has 18 heavy (non-hydrogen) atoms. The molecule has 0 bridgehead atoms. The molecule has 0 atom stereocenters. The number of hydrogen-bond acceptors (Lipinski definition) is 3. The molecule has 1 amide bonds. The average Bonchev–Trinajstić information content (AvgIpc) is 2.82. The number of aromatic amines is 1. The number of carbonyl (C=O) groups excluding carboxylic acids is 1. The van der Waals surface area contributed by atoms with E-state index in [0.29, 0.717) is 18.8 Å². The number of aryl methyl sites for hydroxylation is 4. The molecular weight excluding hydrogens is 230 g/mol. The molecule has 2 aromatic heterocycles. The predicted molar refractivity (Wildman–Crippen MR) is 68.3 cm³/mol. The van der Waals surface area contributed by atoms with E-state index in [4.69, 9.17) is 0 Å². The third-order valence-corrected chi connectivity index (χ3v) is 2.63. The molecule has 0 fully saturated rings. The number of aromatic nitrogens is 4. The normalized spacial score (nSPS) is 10.6. The van der Waals surface area contributed by atoms with Crippen molar-refractivity contribution in [1.82, 2.24) is 20.0 Å². The Hall–Kier alpha value is -2.11. The first kappa shape index (κ1) is 12.3. The van der Waals surface area contributed by atoms with Gasteiger partial charge in [0.25, 0.3) is 0 Å². The number of amides is 1. The molecule has 6 nitrogen and oxygen atoms in total. The maximum Gasteiger partial charge on any atom is 0.227 e. The van der Waals surface area contributed by atoms with Crippen LogP contribution < -0.4 is 5.32 Å². The summed E-state index contributed by atoms with van der Waals surface area (Å²) in [7, 11) is 0. The minimum Gasteiger partial charge on any atom is -0.309 e. The van der Waals surface area contributed by atoms with Crippen LogP contribution >= 0.6 is 0 Å². The van der Waals surface area contributed by atoms with Crippen LogP contribution in [0.25, 0.3) is 0 Å². The highest BCUT2D eigenvalue weighted by atomic mass is 16.1. The third-order valence-electron chi connectivity index (χ3n) is 2.63. The Bertz CT molecular complexity index is 555. The van der Waals surface area contributed by atoms with Gasteiger partial charge in [-0.3, -0.25) is 14.6 Å². The van der Waals surface area contributed by atoms with E-state index in [1.807, 2.05) is 31.5 Å². The fraction of sp³-hybridized carbons (Fsp3) is 0.417. The zero-order chi connectivity index (χ0) is 13.1. The summed E-state index contributed by atoms with van der Waals surface area (Å²) in [6.07, 6.45) is 0.383. The van der Waals surface area contributed by atoms with Crippen molar-refractivity contribution in [3.05, 3.63) is 29.2 Å². The maximum atomic E-state index is 11.7. The molecule has 0 aliphatic carbocycles. The summed E-state index contributed by atoms with van der Waals surface area (Å²) in [4.78, 5) is 11.7. The summed E-state index contributed by atoms with van der Waals surface area (Å²) >= 11 is 0. The van der Waals surface area contributed by atoms with Gasteiger partial charge in [0, 0.05) is 30.4 Å². The molecule has 0 radical (unpaired) electrons. The number of nitrogens with zero attached hydrogens (tertiary/aromatic N) is 3. The van der Waals surface area contributed by atoms with Gasteiger partial charge in [-0.2, -0.15) is 10.2 Å². The van der Waals surface area contributed by atoms with Gasteiger partial charge in [-0.05, 0) is 26.8 Å². The van der Waals surface area contributed by atoms with E-state index in [0.717, 1.165) is 17.1 Å². The van der Waals surface area contributed by atoms with E-state index in [2.05, 4.69) is 20.6 Å². The van der Waals surface area contributed by atoms with Crippen LogP contribution in [0, 0.1) is 20.8 Å². The Morgan fingerprint density at radius 2 is 2.17 bits per heavy atom. The molecule has 2 aromatic rings. The highest BCUT2D eigenvalue weighted by Crippen LogP contribution is 2.06. The third kappa shape index (κ3) is 2.97. The van der Waals surface area contributed by atoms with Crippen LogP contribution in [0.2, 0.25) is 0 Å². The zero-order valence-electron chi connectivity index (χ0n) is 10.8. The van der Waals surface area contributed by atoms with Crippen molar-refractivity contribution in [1.29, 1.82) is 0 Å². The number of hydrogen-bond donors (Lipinski definition) is 2. The summed E-state index contributed by atoms with van der Waals surface area (Å²) in [6.45, 7) is 6.39. The van der Waals surface area contributed by atoms with E-state index in [9.17, 15) is 4.79 Å². The summed E-state index contributed by atoms with van der Waals surface area (Å²) in [6, 6.07) is 3.79. The number of H-pyrrole nitrogens is 1. The molecule has 2 rings (SSSR count). The number of anilines is 1. The first-order valence-corrected chi connectivity index (χ1v) is 5.87. The standard InChI is InChI=1S/C12H17N5O/c1-8-7-11(15-14-8)13-12(18)4-5-17-10(3)6-9(2)16-17/h6-7H,4-5H2,1-3H3,(H2,13,14,15,18). The zero-order valence-corrected chi connectivity index (χ0v) is 10.8. The van der Waals surface area contributed by atoms with Crippen molar-refractivity contribution in [2.75, 3.05) is 5.32 Å². The lowest BCUT2D eigenvalue weighted by Crippen LogP contribution is -2.15. The van der Waals surface area contributed by atoms with E-state index in [1.165, 1.54) is 0 Å². The molecular formula is C12H17N5O. The monoisotopic (exact) mass is 247 g/mol. The highest BCUT2D eigenvalue weighted by molar-refractivity contribution is 5.89. The van der Waals surface area contributed by atoms with E-state index < -0.39 is 0 Å². The molecule has 0 saturated heterocycles. The SMILES string of the molecule is Cc1cc(C)n(CCC(=O)Nc2cc(C)[nH]n2)n1. The van der Waals surface area contributed by atoms with E-state index >= 15 is 0 Å². The first-order valence-electron chi connectivity index (χ1n) is 5.87. The fourth-order valence-corrected chi connectivity index (χ4v) is 1.80. The second-order valence-corrected chi connectivity index (χ2v) is 4.38. The van der Waals surface area contributed by atoms with Crippen LogP contribution in [0.15, 0.2) is 12.1 Å². The molecule has 0 spiro atoms. The lowest BCUT2D eigenvalue weighted by atomic mass is 10.3. The van der Waals surface area contributed by atoms with Crippen molar-refractivity contribution in [3.8, 4) is 0 Å². The van der Waals surface area contributed by atoms with Crippen LogP contribution in [0.4, 0.5) is 5.82 Å². The number of nitrogens with one attached hydrogen (secondary N) is 2. The van der Waals surface area contributed by atoms with Crippen LogP contribution in [0.1, 0.15) is 23.5 Å². The second kappa shape index (κ2) is 5.03. The Kier molecular flexibility index (Phi) is 3.45. The minimum absolute atomic E-state index is 0.0611. The Balaban J connectivity index is 1.87. The highest BCUT2D eigenvalue weighted by Gasteiger charge is 2.07. The van der Waals surface area contributed by atoms with Gasteiger partial charge in [0.1, 0.15) is 0 Å². The summed E-state index contributed by atoms with van der Waals surface area (Å²) in [5.41, 5.74) is 2.95. The van der Waals surface area contributed by atoms with Crippen LogP contribution in [0.5, 0.6) is 0 Å². The minimum atomic E-state index is -0.0611. The fourth-order valence-electron chi connectivity index (χ4n) is 1.80. The van der Waals surface area contributed by atoms with Gasteiger partial charge >= 0.3 is 0 Å². The van der Waals surface area contributed by atoms with Crippen LogP contribution in [0.3, 0.4) is 0 Å². The molecule has 0 aromatic carbocycles. The average molecular weight is 247 g/mol. The molecule has 0 unspecified atom stereocenters. The van der Waals surface area contributed by atoms with E-state index in [1.54, 1.807) is 6.07 Å². The number of carbonyl (C=O) groups is 1.